The molecule has 0 aliphatic rings. The zero-order valence-corrected chi connectivity index (χ0v) is 13.3. The third-order valence-electron chi connectivity index (χ3n) is 3.01. The van der Waals surface area contributed by atoms with Crippen LogP contribution in [-0.4, -0.2) is 5.78 Å². The summed E-state index contributed by atoms with van der Waals surface area (Å²) >= 11 is 0. The van der Waals surface area contributed by atoms with Crippen LogP contribution in [0.25, 0.3) is 0 Å². The third kappa shape index (κ3) is 4.10. The number of benzene rings is 2. The van der Waals surface area contributed by atoms with Crippen LogP contribution in [-0.2, 0) is 4.57 Å². The van der Waals surface area contributed by atoms with Crippen molar-refractivity contribution in [2.45, 2.75) is 26.6 Å². The Morgan fingerprint density at radius 3 is 1.48 bits per heavy atom. The second-order valence-electron chi connectivity index (χ2n) is 5.09. The fourth-order valence-electron chi connectivity index (χ4n) is 1.68. The summed E-state index contributed by atoms with van der Waals surface area (Å²) in [5, 5.41) is 0. The first-order valence-electron chi connectivity index (χ1n) is 6.77. The zero-order chi connectivity index (χ0) is 15.5. The molecule has 1 atom stereocenters. The highest BCUT2D eigenvalue weighted by Gasteiger charge is 2.33. The first kappa shape index (κ1) is 15.6. The summed E-state index contributed by atoms with van der Waals surface area (Å²) in [4.78, 5) is 0. The molecular formula is C16H20NO3P. The monoisotopic (exact) mass is 305 g/mol. The van der Waals surface area contributed by atoms with Gasteiger partial charge in [-0.3, -0.25) is 0 Å². The number of hydrogen-bond acceptors (Lipinski definition) is 4. The summed E-state index contributed by atoms with van der Waals surface area (Å²) < 4.78 is 24.0. The van der Waals surface area contributed by atoms with Gasteiger partial charge in [-0.15, -0.1) is 0 Å². The molecule has 5 heteroatoms. The van der Waals surface area contributed by atoms with Gasteiger partial charge in [0.1, 0.15) is 17.3 Å². The summed E-state index contributed by atoms with van der Waals surface area (Å²) in [6.45, 7) is 5.55. The van der Waals surface area contributed by atoms with E-state index < -0.39 is 13.4 Å². The topological polar surface area (TPSA) is 61.5 Å². The molecule has 0 saturated heterocycles. The largest absolute Gasteiger partial charge is 0.447 e. The van der Waals surface area contributed by atoms with Gasteiger partial charge in [-0.25, -0.2) is 4.57 Å². The van der Waals surface area contributed by atoms with Crippen molar-refractivity contribution >= 4 is 7.60 Å². The van der Waals surface area contributed by atoms with Crippen LogP contribution in [0.15, 0.2) is 48.5 Å². The zero-order valence-electron chi connectivity index (χ0n) is 12.4. The molecule has 0 amide bonds. The Balaban J connectivity index is 2.21. The Labute approximate surface area is 125 Å². The van der Waals surface area contributed by atoms with Crippen LogP contribution >= 0.6 is 7.60 Å². The van der Waals surface area contributed by atoms with Gasteiger partial charge in [0.05, 0.1) is 0 Å². The molecule has 2 aromatic rings. The van der Waals surface area contributed by atoms with Crippen molar-refractivity contribution in [3.05, 3.63) is 59.7 Å². The van der Waals surface area contributed by atoms with E-state index in [4.69, 9.17) is 14.8 Å². The highest BCUT2D eigenvalue weighted by molar-refractivity contribution is 7.55. The Kier molecular flexibility index (Phi) is 4.71. The van der Waals surface area contributed by atoms with Crippen molar-refractivity contribution in [1.29, 1.82) is 0 Å². The van der Waals surface area contributed by atoms with Crippen LogP contribution in [0.2, 0.25) is 0 Å². The lowest BCUT2D eigenvalue weighted by Crippen LogP contribution is -2.22. The van der Waals surface area contributed by atoms with Crippen LogP contribution < -0.4 is 14.8 Å². The average molecular weight is 305 g/mol. The van der Waals surface area contributed by atoms with Gasteiger partial charge in [0.15, 0.2) is 0 Å². The van der Waals surface area contributed by atoms with Crippen LogP contribution in [0.3, 0.4) is 0 Å². The Bertz CT molecular complexity index is 584. The van der Waals surface area contributed by atoms with E-state index in [9.17, 15) is 4.57 Å². The van der Waals surface area contributed by atoms with Gasteiger partial charge in [-0.2, -0.15) is 0 Å². The molecule has 2 rings (SSSR count). The fraction of sp³-hybridized carbons (Fsp3) is 0.250. The fourth-order valence-corrected chi connectivity index (χ4v) is 2.88. The maximum Gasteiger partial charge on any atom is 0.447 e. The minimum Gasteiger partial charge on any atom is -0.415 e. The van der Waals surface area contributed by atoms with Gasteiger partial charge < -0.3 is 14.8 Å². The Hall–Kier alpha value is -1.77. The van der Waals surface area contributed by atoms with Crippen molar-refractivity contribution in [3.8, 4) is 11.5 Å². The number of aryl methyl sites for hydroxylation is 2. The van der Waals surface area contributed by atoms with Gasteiger partial charge in [-0.1, -0.05) is 35.4 Å². The molecule has 21 heavy (non-hydrogen) atoms. The first-order chi connectivity index (χ1) is 9.89. The van der Waals surface area contributed by atoms with Gasteiger partial charge in [0.2, 0.25) is 0 Å². The van der Waals surface area contributed by atoms with E-state index in [1.54, 1.807) is 31.2 Å². The molecule has 0 aliphatic heterocycles. The smallest absolute Gasteiger partial charge is 0.415 e. The van der Waals surface area contributed by atoms with Crippen LogP contribution in [0, 0.1) is 13.8 Å². The van der Waals surface area contributed by atoms with Crippen molar-refractivity contribution in [2.75, 3.05) is 0 Å². The van der Waals surface area contributed by atoms with Crippen molar-refractivity contribution in [1.82, 2.24) is 0 Å². The van der Waals surface area contributed by atoms with Crippen LogP contribution in [0.1, 0.15) is 18.1 Å². The third-order valence-corrected chi connectivity index (χ3v) is 4.93. The normalized spacial score (nSPS) is 12.8. The molecule has 1 unspecified atom stereocenters. The number of rotatable bonds is 5. The average Bonchev–Trinajstić information content (AvgIpc) is 2.44. The van der Waals surface area contributed by atoms with Gasteiger partial charge in [0, 0.05) is 0 Å². The molecule has 112 valence electrons. The molecule has 0 radical (unpaired) electrons. The highest BCUT2D eigenvalue weighted by atomic mass is 31.2. The minimum atomic E-state index is -3.49. The van der Waals surface area contributed by atoms with E-state index in [1.165, 1.54) is 0 Å². The van der Waals surface area contributed by atoms with Crippen molar-refractivity contribution in [3.63, 3.8) is 0 Å². The molecule has 0 aromatic heterocycles. The second kappa shape index (κ2) is 6.33. The molecule has 0 spiro atoms. The molecule has 0 aliphatic carbocycles. The summed E-state index contributed by atoms with van der Waals surface area (Å²) in [5.41, 5.74) is 8.00. The summed E-state index contributed by atoms with van der Waals surface area (Å²) in [6, 6.07) is 14.5. The van der Waals surface area contributed by atoms with Crippen LogP contribution in [0.4, 0.5) is 0 Å². The lowest BCUT2D eigenvalue weighted by atomic mass is 10.2. The maximum absolute atomic E-state index is 12.9. The Morgan fingerprint density at radius 1 is 0.857 bits per heavy atom. The predicted molar refractivity (Wildman–Crippen MR) is 84.9 cm³/mol. The SMILES string of the molecule is Cc1ccc(OP(=O)(Oc2ccc(C)cc2)C(C)N)cc1. The molecule has 0 saturated carbocycles. The number of hydrogen-bond donors (Lipinski definition) is 1. The maximum atomic E-state index is 12.9. The Morgan fingerprint density at radius 2 is 1.19 bits per heavy atom. The van der Waals surface area contributed by atoms with E-state index >= 15 is 0 Å². The van der Waals surface area contributed by atoms with E-state index in [1.807, 2.05) is 38.1 Å². The molecule has 0 heterocycles. The van der Waals surface area contributed by atoms with Gasteiger partial charge in [0.25, 0.3) is 0 Å². The lowest BCUT2D eigenvalue weighted by Gasteiger charge is -2.22. The van der Waals surface area contributed by atoms with Crippen molar-refractivity contribution < 1.29 is 13.6 Å². The summed E-state index contributed by atoms with van der Waals surface area (Å²) in [6.07, 6.45) is 0. The standard InChI is InChI=1S/C16H20NO3P/c1-12-4-8-15(9-5-12)19-21(18,14(3)17)20-16-10-6-13(2)7-11-16/h4-11,14H,17H2,1-3H3. The predicted octanol–water partition coefficient (Wildman–Crippen LogP) is 4.26. The lowest BCUT2D eigenvalue weighted by molar-refractivity contribution is 0.375. The molecule has 2 aromatic carbocycles. The van der Waals surface area contributed by atoms with Gasteiger partial charge >= 0.3 is 7.60 Å². The molecule has 4 nitrogen and oxygen atoms in total. The molecular weight excluding hydrogens is 285 g/mol. The van der Waals surface area contributed by atoms with E-state index in [2.05, 4.69) is 0 Å². The minimum absolute atomic E-state index is 0.480. The van der Waals surface area contributed by atoms with E-state index in [-0.39, 0.29) is 0 Å². The first-order valence-corrected chi connectivity index (χ1v) is 8.38. The molecule has 0 fully saturated rings. The summed E-state index contributed by atoms with van der Waals surface area (Å²) in [7, 11) is -3.49. The van der Waals surface area contributed by atoms with Crippen molar-refractivity contribution in [2.24, 2.45) is 5.73 Å². The van der Waals surface area contributed by atoms with E-state index in [0.717, 1.165) is 11.1 Å². The second-order valence-corrected chi connectivity index (χ2v) is 7.35. The van der Waals surface area contributed by atoms with Crippen LogP contribution in [0.5, 0.6) is 11.5 Å². The summed E-state index contributed by atoms with van der Waals surface area (Å²) in [5.74, 6) is 0.224. The number of nitrogens with two attached hydrogens (primary N) is 1. The van der Waals surface area contributed by atoms with E-state index in [0.29, 0.717) is 11.5 Å². The molecule has 0 bridgehead atoms. The molecule has 2 N–H and O–H groups in total. The highest BCUT2D eigenvalue weighted by Crippen LogP contribution is 2.50. The van der Waals surface area contributed by atoms with Gasteiger partial charge in [-0.05, 0) is 45.0 Å². The quantitative estimate of drug-likeness (QED) is 0.838.